The lowest BCUT2D eigenvalue weighted by Crippen LogP contribution is -3.13. The molecule has 1 aromatic carbocycles. The Morgan fingerprint density at radius 2 is 2.04 bits per heavy atom. The fourth-order valence-electron chi connectivity index (χ4n) is 2.47. The molecule has 1 unspecified atom stereocenters. The van der Waals surface area contributed by atoms with Gasteiger partial charge in [-0.05, 0) is 19.4 Å². The minimum absolute atomic E-state index is 0.0214. The zero-order valence-electron chi connectivity index (χ0n) is 13.7. The monoisotopic (exact) mass is 322 g/mol. The summed E-state index contributed by atoms with van der Waals surface area (Å²) in [5, 5.41) is 5.05. The van der Waals surface area contributed by atoms with Crippen molar-refractivity contribution >= 4 is 11.9 Å². The second-order valence-corrected chi connectivity index (χ2v) is 6.21. The summed E-state index contributed by atoms with van der Waals surface area (Å²) in [5.74, 6) is -0.579. The predicted molar refractivity (Wildman–Crippen MR) is 85.4 cm³/mol. The smallest absolute Gasteiger partial charge is 0.321 e. The normalized spacial score (nSPS) is 16.5. The summed E-state index contributed by atoms with van der Waals surface area (Å²) in [4.78, 5) is 24.7. The van der Waals surface area contributed by atoms with Crippen LogP contribution in [0.3, 0.4) is 0 Å². The van der Waals surface area contributed by atoms with Gasteiger partial charge in [-0.2, -0.15) is 0 Å². The Bertz CT molecular complexity index is 561. The van der Waals surface area contributed by atoms with Gasteiger partial charge in [0.1, 0.15) is 12.4 Å². The first-order chi connectivity index (χ1) is 11.0. The van der Waals surface area contributed by atoms with Gasteiger partial charge < -0.3 is 10.2 Å². The van der Waals surface area contributed by atoms with Gasteiger partial charge in [-0.1, -0.05) is 25.1 Å². The number of quaternary nitrogens is 1. The summed E-state index contributed by atoms with van der Waals surface area (Å²) in [5.41, 5.74) is 0.603. The number of rotatable bonds is 7. The van der Waals surface area contributed by atoms with Crippen molar-refractivity contribution in [3.05, 3.63) is 35.6 Å². The fourth-order valence-corrected chi connectivity index (χ4v) is 2.47. The highest BCUT2D eigenvalue weighted by Gasteiger charge is 2.35. The number of nitrogens with one attached hydrogen (secondary N) is 3. The molecule has 0 spiro atoms. The molecule has 2 atom stereocenters. The number of imide groups is 1. The van der Waals surface area contributed by atoms with E-state index in [1.165, 1.54) is 6.07 Å². The number of hydrogen-bond acceptors (Lipinski definition) is 2. The van der Waals surface area contributed by atoms with Gasteiger partial charge in [-0.25, -0.2) is 9.18 Å². The standard InChI is InChI=1S/C17H24FN3O2/c1-3-12(2)19-17(23)20-16(22)11-21(14-8-9-14)10-13-6-4-5-7-15(13)18/h4-7,12,14H,3,8-11H2,1-2H3,(H2,19,20,22,23)/p+1/t12-/m1/s1. The van der Waals surface area contributed by atoms with Crippen molar-refractivity contribution in [2.75, 3.05) is 6.54 Å². The van der Waals surface area contributed by atoms with E-state index in [-0.39, 0.29) is 24.3 Å². The molecule has 1 fully saturated rings. The molecule has 0 bridgehead atoms. The summed E-state index contributed by atoms with van der Waals surface area (Å²) < 4.78 is 13.8. The summed E-state index contributed by atoms with van der Waals surface area (Å²) in [6.45, 7) is 4.47. The molecular weight excluding hydrogens is 297 g/mol. The van der Waals surface area contributed by atoms with Crippen LogP contribution in [0.25, 0.3) is 0 Å². The highest BCUT2D eigenvalue weighted by Crippen LogP contribution is 2.16. The van der Waals surface area contributed by atoms with Crippen LogP contribution in [-0.4, -0.2) is 30.6 Å². The van der Waals surface area contributed by atoms with E-state index in [9.17, 15) is 14.0 Å². The number of carbonyl (C=O) groups is 2. The van der Waals surface area contributed by atoms with E-state index in [4.69, 9.17) is 0 Å². The van der Waals surface area contributed by atoms with Crippen LogP contribution in [0.4, 0.5) is 9.18 Å². The van der Waals surface area contributed by atoms with Gasteiger partial charge in [0.2, 0.25) is 0 Å². The van der Waals surface area contributed by atoms with Gasteiger partial charge in [0.25, 0.3) is 5.91 Å². The zero-order chi connectivity index (χ0) is 16.8. The third-order valence-electron chi connectivity index (χ3n) is 4.16. The Balaban J connectivity index is 1.88. The molecule has 3 amide bonds. The van der Waals surface area contributed by atoms with Gasteiger partial charge in [0.05, 0.1) is 6.04 Å². The van der Waals surface area contributed by atoms with Crippen molar-refractivity contribution < 1.29 is 18.9 Å². The van der Waals surface area contributed by atoms with E-state index in [2.05, 4.69) is 10.6 Å². The molecule has 1 aromatic rings. The molecule has 1 aliphatic carbocycles. The molecule has 2 rings (SSSR count). The van der Waals surface area contributed by atoms with Crippen LogP contribution < -0.4 is 15.5 Å². The number of amides is 3. The van der Waals surface area contributed by atoms with Crippen LogP contribution >= 0.6 is 0 Å². The van der Waals surface area contributed by atoms with E-state index >= 15 is 0 Å². The molecule has 23 heavy (non-hydrogen) atoms. The van der Waals surface area contributed by atoms with Gasteiger partial charge in [0, 0.05) is 24.4 Å². The first kappa shape index (κ1) is 17.4. The molecular formula is C17H25FN3O2+. The topological polar surface area (TPSA) is 62.6 Å². The van der Waals surface area contributed by atoms with Crippen molar-refractivity contribution in [2.24, 2.45) is 0 Å². The van der Waals surface area contributed by atoms with Crippen molar-refractivity contribution in [3.8, 4) is 0 Å². The molecule has 0 saturated heterocycles. The number of halogens is 1. The summed E-state index contributed by atoms with van der Waals surface area (Å²) in [6.07, 6.45) is 2.88. The number of benzene rings is 1. The van der Waals surface area contributed by atoms with Crippen molar-refractivity contribution in [1.29, 1.82) is 0 Å². The molecule has 0 radical (unpaired) electrons. The van der Waals surface area contributed by atoms with E-state index in [1.807, 2.05) is 13.8 Å². The highest BCUT2D eigenvalue weighted by molar-refractivity contribution is 5.94. The second-order valence-electron chi connectivity index (χ2n) is 6.21. The lowest BCUT2D eigenvalue weighted by Gasteiger charge is -2.19. The van der Waals surface area contributed by atoms with Crippen molar-refractivity contribution in [3.63, 3.8) is 0 Å². The average Bonchev–Trinajstić information content (AvgIpc) is 3.33. The van der Waals surface area contributed by atoms with E-state index < -0.39 is 6.03 Å². The van der Waals surface area contributed by atoms with Crippen LogP contribution in [-0.2, 0) is 11.3 Å². The molecule has 3 N–H and O–H groups in total. The molecule has 126 valence electrons. The van der Waals surface area contributed by atoms with Crippen LogP contribution in [0.1, 0.15) is 38.7 Å². The predicted octanol–water partition coefficient (Wildman–Crippen LogP) is 0.997. The third-order valence-corrected chi connectivity index (χ3v) is 4.16. The van der Waals surface area contributed by atoms with Gasteiger partial charge in [-0.3, -0.25) is 10.1 Å². The van der Waals surface area contributed by atoms with E-state index in [0.29, 0.717) is 18.2 Å². The Labute approximate surface area is 136 Å². The minimum Gasteiger partial charge on any atom is -0.335 e. The summed E-state index contributed by atoms with van der Waals surface area (Å²) in [7, 11) is 0. The molecule has 1 saturated carbocycles. The minimum atomic E-state index is -0.467. The van der Waals surface area contributed by atoms with Crippen molar-refractivity contribution in [1.82, 2.24) is 10.6 Å². The summed E-state index contributed by atoms with van der Waals surface area (Å²) in [6, 6.07) is 6.55. The Kier molecular flexibility index (Phi) is 6.10. The third kappa shape index (κ3) is 5.63. The molecule has 0 aliphatic heterocycles. The average molecular weight is 322 g/mol. The van der Waals surface area contributed by atoms with E-state index in [1.54, 1.807) is 18.2 Å². The molecule has 6 heteroatoms. The highest BCUT2D eigenvalue weighted by atomic mass is 19.1. The lowest BCUT2D eigenvalue weighted by molar-refractivity contribution is -0.917. The quantitative estimate of drug-likeness (QED) is 0.701. The van der Waals surface area contributed by atoms with Gasteiger partial charge in [-0.15, -0.1) is 0 Å². The fraction of sp³-hybridized carbons (Fsp3) is 0.529. The first-order valence-corrected chi connectivity index (χ1v) is 8.18. The van der Waals surface area contributed by atoms with Crippen LogP contribution in [0.5, 0.6) is 0 Å². The second kappa shape index (κ2) is 8.06. The van der Waals surface area contributed by atoms with Crippen molar-refractivity contribution in [2.45, 2.75) is 51.7 Å². The molecule has 0 aromatic heterocycles. The zero-order valence-corrected chi connectivity index (χ0v) is 13.7. The first-order valence-electron chi connectivity index (χ1n) is 8.18. The van der Waals surface area contributed by atoms with Crippen LogP contribution in [0, 0.1) is 5.82 Å². The maximum atomic E-state index is 13.8. The summed E-state index contributed by atoms with van der Waals surface area (Å²) >= 11 is 0. The van der Waals surface area contributed by atoms with Crippen LogP contribution in [0.2, 0.25) is 0 Å². The number of urea groups is 1. The Morgan fingerprint density at radius 3 is 2.65 bits per heavy atom. The maximum Gasteiger partial charge on any atom is 0.321 e. The lowest BCUT2D eigenvalue weighted by atomic mass is 10.2. The number of carbonyl (C=O) groups excluding carboxylic acids is 2. The SMILES string of the molecule is CC[C@@H](C)NC(=O)NC(=O)C[NH+](Cc1ccccc1F)C1CC1. The molecule has 1 aliphatic rings. The van der Waals surface area contributed by atoms with E-state index in [0.717, 1.165) is 24.2 Å². The maximum absolute atomic E-state index is 13.8. The van der Waals surface area contributed by atoms with Crippen LogP contribution in [0.15, 0.2) is 24.3 Å². The molecule has 0 heterocycles. The Morgan fingerprint density at radius 1 is 1.35 bits per heavy atom. The Hall–Kier alpha value is -1.95. The largest absolute Gasteiger partial charge is 0.335 e. The molecule has 5 nitrogen and oxygen atoms in total. The number of hydrogen-bond donors (Lipinski definition) is 3. The van der Waals surface area contributed by atoms with Gasteiger partial charge >= 0.3 is 6.03 Å². The van der Waals surface area contributed by atoms with Gasteiger partial charge in [0.15, 0.2) is 6.54 Å².